The summed E-state index contributed by atoms with van der Waals surface area (Å²) in [5.74, 6) is -0.882. The molecule has 12 nitrogen and oxygen atoms in total. The Morgan fingerprint density at radius 3 is 2.24 bits per heavy atom. The molecule has 3 heterocycles. The lowest BCUT2D eigenvalue weighted by molar-refractivity contribution is -0.139. The molecule has 2 unspecified atom stereocenters. The van der Waals surface area contributed by atoms with E-state index < -0.39 is 17.9 Å². The Bertz CT molecular complexity index is 1320. The predicted molar refractivity (Wildman–Crippen MR) is 154 cm³/mol. The lowest BCUT2D eigenvalue weighted by atomic mass is 10.0. The van der Waals surface area contributed by atoms with Crippen LogP contribution < -0.4 is 10.2 Å². The van der Waals surface area contributed by atoms with Crippen LogP contribution in [0.2, 0.25) is 0 Å². The lowest BCUT2D eigenvalue weighted by Crippen LogP contribution is -2.57. The number of piperidine rings is 1. The Morgan fingerprint density at radius 2 is 1.64 bits per heavy atom. The molecule has 3 atom stereocenters. The van der Waals surface area contributed by atoms with Gasteiger partial charge in [0.05, 0.1) is 12.5 Å². The van der Waals surface area contributed by atoms with Gasteiger partial charge < -0.3 is 29.9 Å². The smallest absolute Gasteiger partial charge is 0.409 e. The SMILES string of the molecule is CCCOC(=O)N1CCN(C(=O)[C@@H](NC(=O)c2cc(N3CC4C(C3)C4C(=O)O)nc(-c3ccccc3)n2)C(C)C)CC1. The number of carboxylic acid groups (broad SMARTS) is 1. The van der Waals surface area contributed by atoms with Gasteiger partial charge in [-0.2, -0.15) is 0 Å². The van der Waals surface area contributed by atoms with Gasteiger partial charge in [-0.15, -0.1) is 0 Å². The Kier molecular flexibility index (Phi) is 8.60. The van der Waals surface area contributed by atoms with E-state index in [4.69, 9.17) is 9.72 Å². The van der Waals surface area contributed by atoms with Crippen LogP contribution in [0.15, 0.2) is 36.4 Å². The number of aromatic nitrogens is 2. The van der Waals surface area contributed by atoms with Crippen molar-refractivity contribution in [3.8, 4) is 11.4 Å². The molecule has 0 bridgehead atoms. The van der Waals surface area contributed by atoms with Crippen LogP contribution in [0, 0.1) is 23.7 Å². The Labute approximate surface area is 245 Å². The third-order valence-corrected chi connectivity index (χ3v) is 8.28. The van der Waals surface area contributed by atoms with Gasteiger partial charge in [0.25, 0.3) is 5.91 Å². The summed E-state index contributed by atoms with van der Waals surface area (Å²) in [5, 5.41) is 12.3. The zero-order chi connectivity index (χ0) is 30.0. The molecule has 1 aromatic carbocycles. The number of carbonyl (C=O) groups is 4. The molecule has 1 aromatic heterocycles. The molecule has 1 aliphatic carbocycles. The van der Waals surface area contributed by atoms with Gasteiger partial charge in [0.1, 0.15) is 17.6 Å². The van der Waals surface area contributed by atoms with Gasteiger partial charge in [-0.3, -0.25) is 14.4 Å². The van der Waals surface area contributed by atoms with Crippen molar-refractivity contribution in [3.05, 3.63) is 42.1 Å². The minimum absolute atomic E-state index is 0.0758. The van der Waals surface area contributed by atoms with E-state index >= 15 is 0 Å². The van der Waals surface area contributed by atoms with Crippen LogP contribution in [0.25, 0.3) is 11.4 Å². The predicted octanol–water partition coefficient (Wildman–Crippen LogP) is 2.36. The maximum absolute atomic E-state index is 13.6. The second-order valence-electron chi connectivity index (χ2n) is 11.5. The molecule has 3 aliphatic rings. The highest BCUT2D eigenvalue weighted by molar-refractivity contribution is 5.97. The molecule has 42 heavy (non-hydrogen) atoms. The maximum Gasteiger partial charge on any atom is 0.409 e. The number of piperazine rings is 1. The summed E-state index contributed by atoms with van der Waals surface area (Å²) in [6, 6.07) is 10.2. The fourth-order valence-electron chi connectivity index (χ4n) is 5.82. The first-order valence-electron chi connectivity index (χ1n) is 14.6. The first-order chi connectivity index (χ1) is 20.2. The highest BCUT2D eigenvalue weighted by Gasteiger charge is 2.60. The van der Waals surface area contributed by atoms with Crippen LogP contribution >= 0.6 is 0 Å². The van der Waals surface area contributed by atoms with E-state index in [0.29, 0.717) is 57.5 Å². The van der Waals surface area contributed by atoms with E-state index in [0.717, 1.165) is 12.0 Å². The van der Waals surface area contributed by atoms with Crippen LogP contribution in [0.4, 0.5) is 10.6 Å². The molecule has 0 spiro atoms. The number of carboxylic acids is 1. The van der Waals surface area contributed by atoms with Gasteiger partial charge >= 0.3 is 12.1 Å². The number of aliphatic carboxylic acids is 1. The van der Waals surface area contributed by atoms with Gasteiger partial charge in [0, 0.05) is 50.9 Å². The normalized spacial score (nSPS) is 22.0. The van der Waals surface area contributed by atoms with E-state index in [1.807, 2.05) is 56.0 Å². The molecule has 224 valence electrons. The topological polar surface area (TPSA) is 145 Å². The van der Waals surface area contributed by atoms with Crippen LogP contribution in [0.1, 0.15) is 37.7 Å². The van der Waals surface area contributed by atoms with Crippen molar-refractivity contribution in [2.24, 2.45) is 23.7 Å². The standard InChI is InChI=1S/C30H38N6O6/c1-4-14-42-30(41)35-12-10-34(11-13-35)28(38)25(18(2)3)33-27(37)22-15-23(32-26(31-22)19-8-6-5-7-9-19)36-16-20-21(17-36)24(20)29(39)40/h5-9,15,18,20-21,24-25H,4,10-14,16-17H2,1-3H3,(H,33,37)(H,39,40)/t20?,21?,24?,25-/m0/s1. The molecule has 2 aliphatic heterocycles. The summed E-state index contributed by atoms with van der Waals surface area (Å²) >= 11 is 0. The minimum atomic E-state index is -0.787. The highest BCUT2D eigenvalue weighted by Crippen LogP contribution is 2.52. The van der Waals surface area contributed by atoms with E-state index in [1.54, 1.807) is 15.9 Å². The Hall–Kier alpha value is -4.22. The maximum atomic E-state index is 13.6. The largest absolute Gasteiger partial charge is 0.481 e. The van der Waals surface area contributed by atoms with Gasteiger partial charge in [0.15, 0.2) is 5.82 Å². The summed E-state index contributed by atoms with van der Waals surface area (Å²) in [6.07, 6.45) is 0.366. The number of fused-ring (bicyclic) bond motifs is 1. The fourth-order valence-corrected chi connectivity index (χ4v) is 5.82. The van der Waals surface area contributed by atoms with Gasteiger partial charge in [0.2, 0.25) is 5.91 Å². The van der Waals surface area contributed by atoms with Crippen molar-refractivity contribution in [1.29, 1.82) is 0 Å². The first kappa shape index (κ1) is 29.3. The van der Waals surface area contributed by atoms with Crippen molar-refractivity contribution in [2.45, 2.75) is 33.2 Å². The van der Waals surface area contributed by atoms with Crippen molar-refractivity contribution in [1.82, 2.24) is 25.1 Å². The van der Waals surface area contributed by atoms with E-state index in [-0.39, 0.29) is 41.4 Å². The minimum Gasteiger partial charge on any atom is -0.481 e. The number of nitrogens with zero attached hydrogens (tertiary/aromatic N) is 5. The molecule has 5 rings (SSSR count). The molecule has 3 fully saturated rings. The second-order valence-corrected chi connectivity index (χ2v) is 11.5. The number of ether oxygens (including phenoxy) is 1. The molecule has 0 radical (unpaired) electrons. The number of rotatable bonds is 9. The molecular weight excluding hydrogens is 540 g/mol. The number of benzene rings is 1. The third kappa shape index (κ3) is 6.17. The average molecular weight is 579 g/mol. The summed E-state index contributed by atoms with van der Waals surface area (Å²) in [4.78, 5) is 65.4. The quantitative estimate of drug-likeness (QED) is 0.458. The first-order valence-corrected chi connectivity index (χ1v) is 14.6. The van der Waals surface area contributed by atoms with Gasteiger partial charge in [-0.05, 0) is 24.2 Å². The van der Waals surface area contributed by atoms with Crippen molar-refractivity contribution < 1.29 is 29.0 Å². The zero-order valence-electron chi connectivity index (χ0n) is 24.2. The number of hydrogen-bond donors (Lipinski definition) is 2. The fraction of sp³-hybridized carbons (Fsp3) is 0.533. The van der Waals surface area contributed by atoms with Crippen molar-refractivity contribution >= 4 is 29.7 Å². The number of nitrogens with one attached hydrogen (secondary N) is 1. The molecule has 1 saturated carbocycles. The number of carbonyl (C=O) groups excluding carboxylic acids is 3. The van der Waals surface area contributed by atoms with E-state index in [2.05, 4.69) is 10.3 Å². The molecule has 2 saturated heterocycles. The van der Waals surface area contributed by atoms with E-state index in [9.17, 15) is 24.3 Å². The molecule has 2 N–H and O–H groups in total. The molecule has 12 heteroatoms. The van der Waals surface area contributed by atoms with Crippen LogP contribution in [0.3, 0.4) is 0 Å². The zero-order valence-corrected chi connectivity index (χ0v) is 24.2. The van der Waals surface area contributed by atoms with Crippen molar-refractivity contribution in [2.75, 3.05) is 50.8 Å². The highest BCUT2D eigenvalue weighted by atomic mass is 16.6. The average Bonchev–Trinajstić information content (AvgIpc) is 3.52. The van der Waals surface area contributed by atoms with Crippen LogP contribution in [-0.4, -0.2) is 101 Å². The lowest BCUT2D eigenvalue weighted by Gasteiger charge is -2.36. The summed E-state index contributed by atoms with van der Waals surface area (Å²) in [5.41, 5.74) is 0.879. The molecule has 3 amide bonds. The molecule has 2 aromatic rings. The number of anilines is 1. The van der Waals surface area contributed by atoms with Crippen molar-refractivity contribution in [3.63, 3.8) is 0 Å². The second kappa shape index (κ2) is 12.3. The van der Waals surface area contributed by atoms with E-state index in [1.165, 1.54) is 0 Å². The number of hydrogen-bond acceptors (Lipinski definition) is 8. The van der Waals surface area contributed by atoms with Crippen LogP contribution in [0.5, 0.6) is 0 Å². The summed E-state index contributed by atoms with van der Waals surface area (Å²) in [6.45, 7) is 8.57. The monoisotopic (exact) mass is 578 g/mol. The van der Waals surface area contributed by atoms with Crippen LogP contribution in [-0.2, 0) is 14.3 Å². The van der Waals surface area contributed by atoms with Gasteiger partial charge in [-0.1, -0.05) is 51.1 Å². The molecular formula is C30H38N6O6. The Balaban J connectivity index is 1.31. The Morgan fingerprint density at radius 1 is 1.00 bits per heavy atom. The summed E-state index contributed by atoms with van der Waals surface area (Å²) in [7, 11) is 0. The number of amides is 3. The van der Waals surface area contributed by atoms with Gasteiger partial charge in [-0.25, -0.2) is 14.8 Å². The summed E-state index contributed by atoms with van der Waals surface area (Å²) < 4.78 is 5.21. The third-order valence-electron chi connectivity index (χ3n) is 8.28.